The molecule has 3 heteroatoms. The van der Waals surface area contributed by atoms with Crippen LogP contribution < -0.4 is 0 Å². The molecule has 2 fully saturated rings. The number of aliphatic hydroxyl groups is 1. The Morgan fingerprint density at radius 3 is 2.29 bits per heavy atom. The second-order valence-corrected chi connectivity index (χ2v) is 5.98. The van der Waals surface area contributed by atoms with Crippen molar-refractivity contribution in [3.8, 4) is 0 Å². The Balaban J connectivity index is 1.94. The van der Waals surface area contributed by atoms with Crippen molar-refractivity contribution < 1.29 is 9.90 Å². The Labute approximate surface area is 104 Å². The average Bonchev–Trinajstić information content (AvgIpc) is 2.75. The highest BCUT2D eigenvalue weighted by atomic mass is 16.3. The minimum Gasteiger partial charge on any atom is -0.386 e. The molecule has 0 spiro atoms. The Hall–Kier alpha value is -0.570. The van der Waals surface area contributed by atoms with Crippen molar-refractivity contribution in [2.45, 2.75) is 64.4 Å². The van der Waals surface area contributed by atoms with Gasteiger partial charge >= 0.3 is 0 Å². The van der Waals surface area contributed by atoms with Gasteiger partial charge in [0.15, 0.2) is 0 Å². The monoisotopic (exact) mass is 239 g/mol. The van der Waals surface area contributed by atoms with Gasteiger partial charge in [-0.15, -0.1) is 0 Å². The number of amides is 1. The number of hydrogen-bond donors (Lipinski definition) is 1. The zero-order valence-electron chi connectivity index (χ0n) is 11.2. The fourth-order valence-electron chi connectivity index (χ4n) is 3.54. The first-order valence-corrected chi connectivity index (χ1v) is 7.07. The quantitative estimate of drug-likeness (QED) is 0.818. The maximum atomic E-state index is 12.5. The van der Waals surface area contributed by atoms with Gasteiger partial charge in [-0.2, -0.15) is 0 Å². The number of carbonyl (C=O) groups excluding carboxylic acids is 1. The lowest BCUT2D eigenvalue weighted by Gasteiger charge is -2.49. The Kier molecular flexibility index (Phi) is 3.48. The maximum absolute atomic E-state index is 12.5. The Bertz CT molecular complexity index is 289. The van der Waals surface area contributed by atoms with E-state index in [-0.39, 0.29) is 5.41 Å². The summed E-state index contributed by atoms with van der Waals surface area (Å²) in [5, 5.41) is 10.1. The Morgan fingerprint density at radius 2 is 1.82 bits per heavy atom. The van der Waals surface area contributed by atoms with Crippen LogP contribution in [-0.2, 0) is 4.79 Å². The molecule has 2 aliphatic rings. The van der Waals surface area contributed by atoms with Crippen molar-refractivity contribution >= 4 is 5.91 Å². The highest BCUT2D eigenvalue weighted by Gasteiger charge is 2.49. The molecule has 0 aromatic heterocycles. The summed E-state index contributed by atoms with van der Waals surface area (Å²) in [5.74, 6) is 0.304. The maximum Gasteiger partial charge on any atom is 0.228 e. The van der Waals surface area contributed by atoms with Crippen LogP contribution in [0.4, 0.5) is 0 Å². The highest BCUT2D eigenvalue weighted by Crippen LogP contribution is 2.44. The molecule has 17 heavy (non-hydrogen) atoms. The van der Waals surface area contributed by atoms with E-state index in [1.807, 2.05) is 4.90 Å². The van der Waals surface area contributed by atoms with Gasteiger partial charge in [-0.05, 0) is 25.7 Å². The molecule has 0 aromatic carbocycles. The van der Waals surface area contributed by atoms with Crippen molar-refractivity contribution in [2.75, 3.05) is 13.1 Å². The molecule has 1 amide bonds. The minimum absolute atomic E-state index is 0.0897. The molecule has 0 aromatic rings. The van der Waals surface area contributed by atoms with Gasteiger partial charge in [-0.1, -0.05) is 33.1 Å². The molecule has 1 aliphatic heterocycles. The van der Waals surface area contributed by atoms with Crippen LogP contribution in [0.25, 0.3) is 0 Å². The summed E-state index contributed by atoms with van der Waals surface area (Å²) in [6.45, 7) is 5.32. The summed E-state index contributed by atoms with van der Waals surface area (Å²) >= 11 is 0. The first-order chi connectivity index (χ1) is 8.05. The topological polar surface area (TPSA) is 40.5 Å². The SMILES string of the molecule is CCCC1(O)CN(C(=O)C2(CC)CCCC2)C1. The number of rotatable bonds is 4. The first-order valence-electron chi connectivity index (χ1n) is 7.07. The van der Waals surface area contributed by atoms with Crippen molar-refractivity contribution in [1.29, 1.82) is 0 Å². The number of β-amino-alcohol motifs (C(OH)–C–C–N with tert-alkyl or cyclic N) is 1. The number of hydrogen-bond acceptors (Lipinski definition) is 2. The minimum atomic E-state index is -0.585. The molecule has 98 valence electrons. The average molecular weight is 239 g/mol. The van der Waals surface area contributed by atoms with E-state index in [9.17, 15) is 9.90 Å². The molecular formula is C14H25NO2. The first kappa shape index (κ1) is 12.9. The fourth-order valence-corrected chi connectivity index (χ4v) is 3.54. The normalized spacial score (nSPS) is 25.7. The molecule has 0 unspecified atom stereocenters. The van der Waals surface area contributed by atoms with E-state index < -0.39 is 5.60 Å². The Morgan fingerprint density at radius 1 is 1.24 bits per heavy atom. The molecule has 0 atom stereocenters. The molecule has 0 bridgehead atoms. The van der Waals surface area contributed by atoms with Crippen molar-refractivity contribution in [3.05, 3.63) is 0 Å². The second-order valence-electron chi connectivity index (χ2n) is 5.98. The predicted molar refractivity (Wildman–Crippen MR) is 67.6 cm³/mol. The van der Waals surface area contributed by atoms with E-state index in [0.717, 1.165) is 32.1 Å². The third-order valence-corrected chi connectivity index (χ3v) is 4.66. The molecule has 0 radical (unpaired) electrons. The lowest BCUT2D eigenvalue weighted by atomic mass is 9.79. The summed E-state index contributed by atoms with van der Waals surface area (Å²) in [4.78, 5) is 14.4. The van der Waals surface area contributed by atoms with Crippen LogP contribution in [-0.4, -0.2) is 34.6 Å². The summed E-state index contributed by atoms with van der Waals surface area (Å²) in [5.41, 5.74) is -0.675. The fraction of sp³-hybridized carbons (Fsp3) is 0.929. The standard InChI is InChI=1S/C14H25NO2/c1-3-7-14(17)10-15(11-14)12(16)13(4-2)8-5-6-9-13/h17H,3-11H2,1-2H3. The van der Waals surface area contributed by atoms with Gasteiger partial charge in [0.05, 0.1) is 18.7 Å². The third kappa shape index (κ3) is 2.22. The van der Waals surface area contributed by atoms with Crippen LogP contribution >= 0.6 is 0 Å². The van der Waals surface area contributed by atoms with Crippen LogP contribution in [0, 0.1) is 5.41 Å². The highest BCUT2D eigenvalue weighted by molar-refractivity contribution is 5.84. The zero-order valence-corrected chi connectivity index (χ0v) is 11.2. The third-order valence-electron chi connectivity index (χ3n) is 4.66. The van der Waals surface area contributed by atoms with Gasteiger partial charge in [0.1, 0.15) is 0 Å². The molecule has 1 aliphatic carbocycles. The lowest BCUT2D eigenvalue weighted by molar-refractivity contribution is -0.167. The van der Waals surface area contributed by atoms with Crippen LogP contribution in [0.2, 0.25) is 0 Å². The molecule has 1 N–H and O–H groups in total. The van der Waals surface area contributed by atoms with Crippen LogP contribution in [0.3, 0.4) is 0 Å². The molecule has 1 saturated carbocycles. The molecular weight excluding hydrogens is 214 g/mol. The summed E-state index contributed by atoms with van der Waals surface area (Å²) in [6, 6.07) is 0. The van der Waals surface area contributed by atoms with E-state index in [0.29, 0.717) is 19.0 Å². The molecule has 3 nitrogen and oxygen atoms in total. The van der Waals surface area contributed by atoms with Crippen LogP contribution in [0.5, 0.6) is 0 Å². The molecule has 1 saturated heterocycles. The smallest absolute Gasteiger partial charge is 0.228 e. The van der Waals surface area contributed by atoms with Gasteiger partial charge in [0.2, 0.25) is 5.91 Å². The van der Waals surface area contributed by atoms with E-state index in [1.54, 1.807) is 0 Å². The van der Waals surface area contributed by atoms with E-state index in [1.165, 1.54) is 12.8 Å². The van der Waals surface area contributed by atoms with Gasteiger partial charge < -0.3 is 10.0 Å². The van der Waals surface area contributed by atoms with E-state index in [4.69, 9.17) is 0 Å². The lowest BCUT2D eigenvalue weighted by Crippen LogP contribution is -2.65. The number of likely N-dealkylation sites (tertiary alicyclic amines) is 1. The van der Waals surface area contributed by atoms with Gasteiger partial charge in [0, 0.05) is 5.41 Å². The van der Waals surface area contributed by atoms with Gasteiger partial charge in [-0.25, -0.2) is 0 Å². The predicted octanol–water partition coefficient (Wildman–Crippen LogP) is 2.33. The van der Waals surface area contributed by atoms with Crippen molar-refractivity contribution in [1.82, 2.24) is 4.90 Å². The van der Waals surface area contributed by atoms with Crippen molar-refractivity contribution in [3.63, 3.8) is 0 Å². The summed E-state index contributed by atoms with van der Waals surface area (Å²) < 4.78 is 0. The molecule has 2 rings (SSSR count). The van der Waals surface area contributed by atoms with Crippen LogP contribution in [0.15, 0.2) is 0 Å². The van der Waals surface area contributed by atoms with E-state index >= 15 is 0 Å². The number of carbonyl (C=O) groups is 1. The van der Waals surface area contributed by atoms with Gasteiger partial charge in [-0.3, -0.25) is 4.79 Å². The molecule has 1 heterocycles. The number of nitrogens with zero attached hydrogens (tertiary/aromatic N) is 1. The van der Waals surface area contributed by atoms with Crippen molar-refractivity contribution in [2.24, 2.45) is 5.41 Å². The largest absolute Gasteiger partial charge is 0.386 e. The van der Waals surface area contributed by atoms with Gasteiger partial charge in [0.25, 0.3) is 0 Å². The zero-order chi connectivity index (χ0) is 12.5. The van der Waals surface area contributed by atoms with E-state index in [2.05, 4.69) is 13.8 Å². The summed E-state index contributed by atoms with van der Waals surface area (Å²) in [7, 11) is 0. The van der Waals surface area contributed by atoms with Crippen LogP contribution in [0.1, 0.15) is 58.8 Å². The summed E-state index contributed by atoms with van der Waals surface area (Å²) in [6.07, 6.45) is 7.22. The second kappa shape index (κ2) is 4.60.